The van der Waals surface area contributed by atoms with Crippen molar-refractivity contribution in [3.8, 4) is 0 Å². The van der Waals surface area contributed by atoms with Crippen LogP contribution in [0, 0.1) is 5.82 Å². The van der Waals surface area contributed by atoms with E-state index in [-0.39, 0.29) is 37.5 Å². The number of aryl methyl sites for hydroxylation is 1. The molecule has 2 fully saturated rings. The molecule has 8 nitrogen and oxygen atoms in total. The van der Waals surface area contributed by atoms with Crippen molar-refractivity contribution in [2.24, 2.45) is 0 Å². The highest BCUT2D eigenvalue weighted by molar-refractivity contribution is 5.89. The van der Waals surface area contributed by atoms with Crippen LogP contribution in [0.1, 0.15) is 60.2 Å². The Morgan fingerprint density at radius 1 is 1.14 bits per heavy atom. The highest BCUT2D eigenvalue weighted by Crippen LogP contribution is 2.42. The minimum absolute atomic E-state index is 0.0345. The fourth-order valence-corrected chi connectivity index (χ4v) is 4.79. The summed E-state index contributed by atoms with van der Waals surface area (Å²) in [6.07, 6.45) is 0.613. The van der Waals surface area contributed by atoms with Gasteiger partial charge in [-0.15, -0.1) is 0 Å². The van der Waals surface area contributed by atoms with Crippen LogP contribution in [0.15, 0.2) is 53.3 Å². The summed E-state index contributed by atoms with van der Waals surface area (Å²) < 4.78 is 29.2. The summed E-state index contributed by atoms with van der Waals surface area (Å²) in [6.45, 7) is -0.186. The van der Waals surface area contributed by atoms with E-state index in [1.54, 1.807) is 6.07 Å². The van der Waals surface area contributed by atoms with E-state index in [4.69, 9.17) is 0 Å². The highest BCUT2D eigenvalue weighted by Gasteiger charge is 2.40. The van der Waals surface area contributed by atoms with Gasteiger partial charge >= 0.3 is 5.69 Å². The van der Waals surface area contributed by atoms with E-state index in [1.165, 1.54) is 11.0 Å². The zero-order valence-corrected chi connectivity index (χ0v) is 19.5. The molecule has 1 aliphatic heterocycles. The van der Waals surface area contributed by atoms with Crippen molar-refractivity contribution >= 4 is 11.8 Å². The first-order valence-electron chi connectivity index (χ1n) is 12.1. The molecule has 0 spiro atoms. The number of benzene rings is 2. The van der Waals surface area contributed by atoms with Crippen LogP contribution in [0.3, 0.4) is 0 Å². The van der Waals surface area contributed by atoms with Gasteiger partial charge in [0.05, 0.1) is 12.6 Å². The molecule has 2 aromatic carbocycles. The quantitative estimate of drug-likeness (QED) is 0.446. The number of carbonyl (C=O) groups is 2. The molecule has 10 heteroatoms. The molecule has 0 radical (unpaired) electrons. The third-order valence-electron chi connectivity index (χ3n) is 6.79. The summed E-state index contributed by atoms with van der Waals surface area (Å²) in [5.41, 5.74) is 1.53. The maximum atomic E-state index is 14.9. The van der Waals surface area contributed by atoms with Gasteiger partial charge in [0.15, 0.2) is 0 Å². The van der Waals surface area contributed by atoms with Crippen molar-refractivity contribution in [1.82, 2.24) is 25.4 Å². The molecular formula is C26H27F2N5O3. The number of hydrogen-bond donors (Lipinski definition) is 3. The topological polar surface area (TPSA) is 111 Å². The van der Waals surface area contributed by atoms with Gasteiger partial charge < -0.3 is 10.2 Å². The van der Waals surface area contributed by atoms with Gasteiger partial charge in [0.2, 0.25) is 11.8 Å². The van der Waals surface area contributed by atoms with Crippen molar-refractivity contribution in [1.29, 1.82) is 0 Å². The van der Waals surface area contributed by atoms with Crippen LogP contribution in [0.2, 0.25) is 0 Å². The normalized spacial score (nSPS) is 20.3. The lowest BCUT2D eigenvalue weighted by Crippen LogP contribution is -2.47. The number of nitrogens with one attached hydrogen (secondary N) is 3. The molecule has 5 rings (SSSR count). The maximum absolute atomic E-state index is 14.9. The Morgan fingerprint density at radius 2 is 1.92 bits per heavy atom. The lowest BCUT2D eigenvalue weighted by Gasteiger charge is -2.27. The van der Waals surface area contributed by atoms with Crippen LogP contribution in [0.4, 0.5) is 8.78 Å². The third-order valence-corrected chi connectivity index (χ3v) is 6.79. The number of H-pyrrole nitrogens is 2. The number of alkyl halides is 1. The van der Waals surface area contributed by atoms with E-state index in [1.807, 2.05) is 36.4 Å². The van der Waals surface area contributed by atoms with Crippen LogP contribution in [-0.2, 0) is 16.0 Å². The van der Waals surface area contributed by atoms with Crippen molar-refractivity contribution in [2.45, 2.75) is 56.3 Å². The Labute approximate surface area is 206 Å². The standard InChI is InChI=1S/C26H27F2N5O3/c27-18-13-21(33(14-18)23(34)11-10-22-29-26(36)32-31-22)25(35)30-24(16-4-2-1-3-5-16)17-8-9-19(15-6-7-15)20(28)12-17/h1-5,8-9,12,15,18,21,24H,6-7,10-11,13-14H2,(H,30,35)(H2,29,31,32,36)/t18-,21+,24+/m1/s1. The molecule has 1 aromatic heterocycles. The Balaban J connectivity index is 1.34. The molecule has 188 valence electrons. The Hall–Kier alpha value is -3.82. The zero-order chi connectivity index (χ0) is 25.2. The molecule has 0 unspecified atom stereocenters. The molecule has 1 aliphatic carbocycles. The van der Waals surface area contributed by atoms with Gasteiger partial charge in [-0.25, -0.2) is 18.7 Å². The Bertz CT molecular complexity index is 1300. The van der Waals surface area contributed by atoms with E-state index in [0.29, 0.717) is 17.0 Å². The van der Waals surface area contributed by atoms with Crippen molar-refractivity contribution in [3.63, 3.8) is 0 Å². The van der Waals surface area contributed by atoms with E-state index in [9.17, 15) is 23.2 Å². The summed E-state index contributed by atoms with van der Waals surface area (Å²) >= 11 is 0. The third kappa shape index (κ3) is 5.22. The Kier molecular flexibility index (Phi) is 6.67. The summed E-state index contributed by atoms with van der Waals surface area (Å²) in [5, 5.41) is 8.93. The van der Waals surface area contributed by atoms with E-state index < -0.39 is 35.8 Å². The fraction of sp³-hybridized carbons (Fsp3) is 0.385. The predicted molar refractivity (Wildman–Crippen MR) is 127 cm³/mol. The summed E-state index contributed by atoms with van der Waals surface area (Å²) in [7, 11) is 0. The monoisotopic (exact) mass is 495 g/mol. The molecule has 3 atom stereocenters. The second-order valence-electron chi connectivity index (χ2n) is 9.43. The average molecular weight is 496 g/mol. The van der Waals surface area contributed by atoms with Crippen molar-refractivity contribution in [2.75, 3.05) is 6.54 Å². The molecule has 2 aliphatic rings. The molecule has 2 amide bonds. The molecule has 1 saturated heterocycles. The maximum Gasteiger partial charge on any atom is 0.340 e. The number of nitrogens with zero attached hydrogens (tertiary/aromatic N) is 2. The van der Waals surface area contributed by atoms with Crippen LogP contribution in [-0.4, -0.2) is 50.7 Å². The number of rotatable bonds is 8. The minimum Gasteiger partial charge on any atom is -0.343 e. The fourth-order valence-electron chi connectivity index (χ4n) is 4.79. The molecule has 1 saturated carbocycles. The van der Waals surface area contributed by atoms with Crippen LogP contribution in [0.5, 0.6) is 0 Å². The van der Waals surface area contributed by atoms with Crippen LogP contribution in [0.25, 0.3) is 0 Å². The average Bonchev–Trinajstić information content (AvgIpc) is 3.51. The van der Waals surface area contributed by atoms with Crippen LogP contribution < -0.4 is 11.0 Å². The zero-order valence-electron chi connectivity index (χ0n) is 19.5. The number of aromatic amines is 2. The van der Waals surface area contributed by atoms with E-state index >= 15 is 0 Å². The number of amides is 2. The van der Waals surface area contributed by atoms with E-state index in [2.05, 4.69) is 20.5 Å². The number of hydrogen-bond acceptors (Lipinski definition) is 4. The van der Waals surface area contributed by atoms with Gasteiger partial charge in [-0.05, 0) is 41.5 Å². The second kappa shape index (κ2) is 10.0. The largest absolute Gasteiger partial charge is 0.343 e. The molecule has 0 bridgehead atoms. The molecule has 36 heavy (non-hydrogen) atoms. The van der Waals surface area contributed by atoms with Gasteiger partial charge in [0, 0.05) is 19.3 Å². The second-order valence-corrected chi connectivity index (χ2v) is 9.43. The minimum atomic E-state index is -1.33. The summed E-state index contributed by atoms with van der Waals surface area (Å²) in [5.74, 6) is -0.649. The molecule has 2 heterocycles. The summed E-state index contributed by atoms with van der Waals surface area (Å²) in [6, 6.07) is 12.5. The molecular weight excluding hydrogens is 468 g/mol. The lowest BCUT2D eigenvalue weighted by molar-refractivity contribution is -0.138. The van der Waals surface area contributed by atoms with Gasteiger partial charge in [0.1, 0.15) is 23.9 Å². The molecule has 3 N–H and O–H groups in total. The molecule has 3 aromatic rings. The van der Waals surface area contributed by atoms with Crippen LogP contribution >= 0.6 is 0 Å². The van der Waals surface area contributed by atoms with Gasteiger partial charge in [-0.3, -0.25) is 14.6 Å². The van der Waals surface area contributed by atoms with Crippen molar-refractivity contribution < 1.29 is 18.4 Å². The number of likely N-dealkylation sites (tertiary alicyclic amines) is 1. The predicted octanol–water partition coefficient (Wildman–Crippen LogP) is 2.89. The number of halogens is 2. The SMILES string of the molecule is O=C(N[C@@H](c1ccccc1)c1ccc(C2CC2)c(F)c1)[C@@H]1C[C@@H](F)CN1C(=O)CCc1n[nH]c(=O)[nH]1. The summed E-state index contributed by atoms with van der Waals surface area (Å²) in [4.78, 5) is 41.1. The first-order valence-corrected chi connectivity index (χ1v) is 12.1. The highest BCUT2D eigenvalue weighted by atomic mass is 19.1. The van der Waals surface area contributed by atoms with Crippen molar-refractivity contribution in [3.05, 3.63) is 87.3 Å². The van der Waals surface area contributed by atoms with Gasteiger partial charge in [0.25, 0.3) is 0 Å². The first-order chi connectivity index (χ1) is 17.4. The number of carbonyl (C=O) groups excluding carboxylic acids is 2. The van der Waals surface area contributed by atoms with E-state index in [0.717, 1.165) is 18.4 Å². The Morgan fingerprint density at radius 3 is 2.58 bits per heavy atom. The first kappa shape index (κ1) is 23.9. The van der Waals surface area contributed by atoms with Gasteiger partial charge in [-0.2, -0.15) is 5.10 Å². The van der Waals surface area contributed by atoms with Gasteiger partial charge in [-0.1, -0.05) is 42.5 Å². The lowest BCUT2D eigenvalue weighted by atomic mass is 9.96. The smallest absolute Gasteiger partial charge is 0.340 e. The number of aromatic nitrogens is 3.